The Morgan fingerprint density at radius 2 is 1.67 bits per heavy atom. The fourth-order valence-electron chi connectivity index (χ4n) is 4.06. The van der Waals surface area contributed by atoms with Gasteiger partial charge >= 0.3 is 0 Å². The molecule has 0 saturated carbocycles. The first-order valence-electron chi connectivity index (χ1n) is 10.6. The molecule has 2 heterocycles. The molecule has 5 rings (SSSR count). The molecule has 0 aliphatic heterocycles. The fourth-order valence-corrected chi connectivity index (χ4v) is 4.06. The van der Waals surface area contributed by atoms with E-state index in [0.717, 1.165) is 39.0 Å². The maximum Gasteiger partial charge on any atom is 0.250 e. The molecule has 162 valence electrons. The Bertz CT molecular complexity index is 1400. The van der Waals surface area contributed by atoms with Gasteiger partial charge in [0.05, 0.1) is 31.1 Å². The number of rotatable bonds is 6. The Hall–Kier alpha value is -4.45. The molecule has 0 fully saturated rings. The number of carbonyl (C=O) groups excluding carboxylic acids is 1. The molecule has 0 spiro atoms. The molecule has 3 aromatic carbocycles. The maximum absolute atomic E-state index is 13.6. The van der Waals surface area contributed by atoms with Crippen molar-refractivity contribution in [2.45, 2.75) is 0 Å². The minimum absolute atomic E-state index is 0.0720. The third-order valence-corrected chi connectivity index (χ3v) is 5.52. The van der Waals surface area contributed by atoms with Gasteiger partial charge in [-0.3, -0.25) is 14.3 Å². The van der Waals surface area contributed by atoms with Crippen molar-refractivity contribution < 1.29 is 9.53 Å². The summed E-state index contributed by atoms with van der Waals surface area (Å²) in [5, 5.41) is 4.04. The molecule has 0 aliphatic rings. The van der Waals surface area contributed by atoms with Crippen LogP contribution >= 0.6 is 0 Å². The highest BCUT2D eigenvalue weighted by molar-refractivity contribution is 6.10. The summed E-state index contributed by atoms with van der Waals surface area (Å²) >= 11 is 0. The Morgan fingerprint density at radius 3 is 2.33 bits per heavy atom. The smallest absolute Gasteiger partial charge is 0.250 e. The summed E-state index contributed by atoms with van der Waals surface area (Å²) in [6.45, 7) is 0.0720. The summed E-state index contributed by atoms with van der Waals surface area (Å²) in [5.74, 6) is 1.19. The number of methoxy groups -OCH3 is 1. The zero-order chi connectivity index (χ0) is 22.6. The lowest BCUT2D eigenvalue weighted by Gasteiger charge is -2.13. The first kappa shape index (κ1) is 20.5. The quantitative estimate of drug-likeness (QED) is 0.381. The molecule has 0 atom stereocenters. The van der Waals surface area contributed by atoms with Crippen molar-refractivity contribution in [3.8, 4) is 28.1 Å². The number of hydrogen-bond acceptors (Lipinski definition) is 5. The van der Waals surface area contributed by atoms with Crippen LogP contribution in [-0.2, 0) is 0 Å². The van der Waals surface area contributed by atoms with E-state index in [0.29, 0.717) is 5.82 Å². The van der Waals surface area contributed by atoms with E-state index < -0.39 is 0 Å². The van der Waals surface area contributed by atoms with E-state index in [4.69, 9.17) is 4.74 Å². The predicted octanol–water partition coefficient (Wildman–Crippen LogP) is 5.53. The van der Waals surface area contributed by atoms with Crippen LogP contribution in [0.25, 0.3) is 33.3 Å². The fraction of sp³-hybridized carbons (Fsp3) is 0.0741. The van der Waals surface area contributed by atoms with Gasteiger partial charge in [-0.15, -0.1) is 0 Å². The monoisotopic (exact) mass is 434 g/mol. The molecule has 0 aliphatic carbocycles. The highest BCUT2D eigenvalue weighted by Gasteiger charge is 2.24. The molecule has 0 bridgehead atoms. The zero-order valence-corrected chi connectivity index (χ0v) is 18.1. The van der Waals surface area contributed by atoms with Gasteiger partial charge < -0.3 is 10.1 Å². The van der Waals surface area contributed by atoms with Crippen LogP contribution in [0, 0.1) is 0 Å². The second-order valence-corrected chi connectivity index (χ2v) is 7.51. The van der Waals surface area contributed by atoms with Crippen LogP contribution < -0.4 is 10.1 Å². The van der Waals surface area contributed by atoms with E-state index in [1.54, 1.807) is 30.3 Å². The van der Waals surface area contributed by atoms with Gasteiger partial charge in [0.15, 0.2) is 0 Å². The number of anilines is 1. The standard InChI is InChI=1S/C27H22N4O2/c1-33-21-12-13-23-22(16-21)26(19-8-4-2-5-9-19)27(20-10-6-3-7-11-20)31(23)25(32)18-30-24-17-28-14-15-29-24/h2-17H,18H2,1H3,(H,29,30). The van der Waals surface area contributed by atoms with Crippen LogP contribution in [0.15, 0.2) is 97.5 Å². The molecule has 5 aromatic rings. The number of carbonyl (C=O) groups is 1. The first-order valence-corrected chi connectivity index (χ1v) is 10.6. The molecule has 0 unspecified atom stereocenters. The maximum atomic E-state index is 13.6. The van der Waals surface area contributed by atoms with Crippen molar-refractivity contribution in [2.75, 3.05) is 19.0 Å². The molecule has 6 heteroatoms. The van der Waals surface area contributed by atoms with Crippen LogP contribution in [0.1, 0.15) is 4.79 Å². The normalized spacial score (nSPS) is 10.8. The van der Waals surface area contributed by atoms with Gasteiger partial charge in [-0.25, -0.2) is 4.98 Å². The summed E-state index contributed by atoms with van der Waals surface area (Å²) in [6, 6.07) is 25.9. The number of fused-ring (bicyclic) bond motifs is 1. The molecule has 0 radical (unpaired) electrons. The predicted molar refractivity (Wildman–Crippen MR) is 131 cm³/mol. The average molecular weight is 434 g/mol. The van der Waals surface area contributed by atoms with Crippen LogP contribution in [0.3, 0.4) is 0 Å². The van der Waals surface area contributed by atoms with E-state index in [1.165, 1.54) is 0 Å². The van der Waals surface area contributed by atoms with Crippen LogP contribution in [0.2, 0.25) is 0 Å². The Kier molecular flexibility index (Phi) is 5.55. The molecular formula is C27H22N4O2. The zero-order valence-electron chi connectivity index (χ0n) is 18.1. The number of ether oxygens (including phenoxy) is 1. The molecule has 6 nitrogen and oxygen atoms in total. The Balaban J connectivity index is 1.74. The van der Waals surface area contributed by atoms with Crippen LogP contribution in [0.4, 0.5) is 5.82 Å². The highest BCUT2D eigenvalue weighted by atomic mass is 16.5. The molecule has 1 N–H and O–H groups in total. The van der Waals surface area contributed by atoms with Gasteiger partial charge in [-0.1, -0.05) is 60.7 Å². The third-order valence-electron chi connectivity index (χ3n) is 5.52. The molecule has 2 aromatic heterocycles. The van der Waals surface area contributed by atoms with Gasteiger partial charge in [0.25, 0.3) is 5.91 Å². The van der Waals surface area contributed by atoms with Crippen molar-refractivity contribution in [3.05, 3.63) is 97.5 Å². The first-order chi connectivity index (χ1) is 16.3. The highest BCUT2D eigenvalue weighted by Crippen LogP contribution is 2.42. The number of benzene rings is 3. The van der Waals surface area contributed by atoms with E-state index in [-0.39, 0.29) is 12.5 Å². The molecular weight excluding hydrogens is 412 g/mol. The van der Waals surface area contributed by atoms with Crippen molar-refractivity contribution in [2.24, 2.45) is 0 Å². The summed E-state index contributed by atoms with van der Waals surface area (Å²) in [5.41, 5.74) is 4.64. The summed E-state index contributed by atoms with van der Waals surface area (Å²) in [4.78, 5) is 21.9. The van der Waals surface area contributed by atoms with Gasteiger partial charge in [0.2, 0.25) is 0 Å². The number of nitrogens with one attached hydrogen (secondary N) is 1. The molecule has 0 saturated heterocycles. The lowest BCUT2D eigenvalue weighted by atomic mass is 9.98. The van der Waals surface area contributed by atoms with Gasteiger partial charge in [0.1, 0.15) is 11.6 Å². The molecule has 0 amide bonds. The topological polar surface area (TPSA) is 69.0 Å². The summed E-state index contributed by atoms with van der Waals surface area (Å²) < 4.78 is 7.30. The van der Waals surface area contributed by atoms with Gasteiger partial charge in [-0.05, 0) is 29.3 Å². The van der Waals surface area contributed by atoms with Crippen LogP contribution in [0.5, 0.6) is 5.75 Å². The van der Waals surface area contributed by atoms with E-state index in [1.807, 2.05) is 66.7 Å². The number of nitrogens with zero attached hydrogens (tertiary/aromatic N) is 3. The van der Waals surface area contributed by atoms with Gasteiger partial charge in [0, 0.05) is 23.3 Å². The second kappa shape index (κ2) is 8.96. The number of hydrogen-bond donors (Lipinski definition) is 1. The average Bonchev–Trinajstić information content (AvgIpc) is 3.23. The minimum Gasteiger partial charge on any atom is -0.497 e. The van der Waals surface area contributed by atoms with Crippen molar-refractivity contribution in [1.29, 1.82) is 0 Å². The van der Waals surface area contributed by atoms with E-state index in [2.05, 4.69) is 27.4 Å². The Morgan fingerprint density at radius 1 is 0.939 bits per heavy atom. The minimum atomic E-state index is -0.100. The van der Waals surface area contributed by atoms with E-state index >= 15 is 0 Å². The lowest BCUT2D eigenvalue weighted by Crippen LogP contribution is -2.22. The largest absolute Gasteiger partial charge is 0.497 e. The van der Waals surface area contributed by atoms with Crippen LogP contribution in [-0.4, -0.2) is 34.1 Å². The lowest BCUT2D eigenvalue weighted by molar-refractivity contribution is 0.0935. The van der Waals surface area contributed by atoms with Crippen molar-refractivity contribution in [1.82, 2.24) is 14.5 Å². The summed E-state index contributed by atoms with van der Waals surface area (Å²) in [7, 11) is 1.65. The van der Waals surface area contributed by atoms with Crippen molar-refractivity contribution in [3.63, 3.8) is 0 Å². The van der Waals surface area contributed by atoms with Crippen molar-refractivity contribution >= 4 is 22.6 Å². The van der Waals surface area contributed by atoms with Gasteiger partial charge in [-0.2, -0.15) is 0 Å². The third kappa shape index (κ3) is 3.94. The van der Waals surface area contributed by atoms with E-state index in [9.17, 15) is 4.79 Å². The molecule has 33 heavy (non-hydrogen) atoms. The summed E-state index contributed by atoms with van der Waals surface area (Å²) in [6.07, 6.45) is 4.78. The SMILES string of the molecule is COc1ccc2c(c1)c(-c1ccccc1)c(-c1ccccc1)n2C(=O)CNc1cnccn1. The Labute approximate surface area is 191 Å². The number of aromatic nitrogens is 3. The second-order valence-electron chi connectivity index (χ2n) is 7.51.